The molecule has 220 valence electrons. The molecule has 11 heteroatoms. The Hall–Kier alpha value is -4.02. The number of pyridine rings is 2. The molecule has 1 unspecified atom stereocenters. The first kappa shape index (κ1) is 29.5. The van der Waals surface area contributed by atoms with Gasteiger partial charge in [-0.15, -0.1) is 0 Å². The first-order chi connectivity index (χ1) is 20.6. The van der Waals surface area contributed by atoms with Crippen LogP contribution in [0.15, 0.2) is 61.1 Å². The number of anilines is 2. The van der Waals surface area contributed by atoms with E-state index >= 15 is 0 Å². The number of rotatable bonds is 15. The number of carbonyl (C=O) groups is 1. The third-order valence-corrected chi connectivity index (χ3v) is 7.67. The smallest absolute Gasteiger partial charge is 0.326 e. The minimum atomic E-state index is -0.944. The number of nitrogens with zero attached hydrogens (tertiary/aromatic N) is 5. The number of nitrogens with one attached hydrogen (secondary N) is 2. The van der Waals surface area contributed by atoms with Gasteiger partial charge in [0.1, 0.15) is 30.6 Å². The molecule has 0 spiro atoms. The first-order valence-electron chi connectivity index (χ1n) is 14.4. The maximum atomic E-state index is 12.2. The third kappa shape index (κ3) is 8.04. The Morgan fingerprint density at radius 3 is 2.86 bits per heavy atom. The average Bonchev–Trinajstić information content (AvgIpc) is 3.01. The zero-order valence-electron chi connectivity index (χ0n) is 23.5. The van der Waals surface area contributed by atoms with Crippen LogP contribution in [0.5, 0.6) is 5.88 Å². The van der Waals surface area contributed by atoms with Crippen LogP contribution in [0.1, 0.15) is 36.9 Å². The van der Waals surface area contributed by atoms with Gasteiger partial charge < -0.3 is 20.5 Å². The Morgan fingerprint density at radius 2 is 2.00 bits per heavy atom. The molecule has 1 aromatic carbocycles. The number of aromatic nitrogens is 4. The van der Waals surface area contributed by atoms with Crippen molar-refractivity contribution < 1.29 is 14.6 Å². The summed E-state index contributed by atoms with van der Waals surface area (Å²) in [5, 5.41) is 17.7. The van der Waals surface area contributed by atoms with Crippen molar-refractivity contribution in [3.8, 4) is 5.88 Å². The molecule has 0 aliphatic carbocycles. The van der Waals surface area contributed by atoms with E-state index in [0.717, 1.165) is 56.7 Å². The Labute approximate surface area is 250 Å². The summed E-state index contributed by atoms with van der Waals surface area (Å²) in [7, 11) is 0. The van der Waals surface area contributed by atoms with E-state index in [-0.39, 0.29) is 0 Å². The molecule has 42 heavy (non-hydrogen) atoms. The number of halogens is 1. The second-order valence-electron chi connectivity index (χ2n) is 10.3. The van der Waals surface area contributed by atoms with Crippen molar-refractivity contribution in [3.63, 3.8) is 0 Å². The van der Waals surface area contributed by atoms with Gasteiger partial charge in [0.05, 0.1) is 10.5 Å². The molecule has 3 N–H and O–H groups in total. The van der Waals surface area contributed by atoms with Crippen LogP contribution in [0.2, 0.25) is 5.02 Å². The molecule has 5 rings (SSSR count). The number of aliphatic carboxylic acids is 1. The van der Waals surface area contributed by atoms with Gasteiger partial charge in [-0.1, -0.05) is 29.8 Å². The Morgan fingerprint density at radius 1 is 1.07 bits per heavy atom. The number of aryl methyl sites for hydroxylation is 2. The maximum Gasteiger partial charge on any atom is 0.326 e. The molecule has 3 aromatic heterocycles. The van der Waals surface area contributed by atoms with E-state index in [1.807, 2.05) is 24.3 Å². The Bertz CT molecular complexity index is 1470. The summed E-state index contributed by atoms with van der Waals surface area (Å²) in [5.41, 5.74) is 2.97. The van der Waals surface area contributed by atoms with Gasteiger partial charge in [-0.25, -0.2) is 24.7 Å². The molecule has 4 heterocycles. The van der Waals surface area contributed by atoms with Crippen molar-refractivity contribution in [2.45, 2.75) is 44.6 Å². The standard InChI is InChI=1S/C31H36ClN7O3/c32-25-10-5-9-24-28(25)35-21-36-30(24)38-26(31(40)41)14-18-39(19-20-42-27-11-1-3-15-33-27)17-4-2-8-23-13-12-22-7-6-16-34-29(22)37-23/h1,3,5,9-13,15,21,26H,2,4,6-8,14,16-20H2,(H,34,37)(H,40,41)(H,35,36,38). The lowest BCUT2D eigenvalue weighted by molar-refractivity contribution is -0.138. The van der Waals surface area contributed by atoms with Crippen molar-refractivity contribution in [2.24, 2.45) is 0 Å². The van der Waals surface area contributed by atoms with E-state index in [1.54, 1.807) is 18.3 Å². The number of benzene rings is 1. The highest BCUT2D eigenvalue weighted by molar-refractivity contribution is 6.35. The number of fused-ring (bicyclic) bond motifs is 2. The van der Waals surface area contributed by atoms with Gasteiger partial charge >= 0.3 is 5.97 Å². The lowest BCUT2D eigenvalue weighted by atomic mass is 10.1. The molecule has 0 fully saturated rings. The SMILES string of the molecule is O=C(O)C(CCN(CCCCc1ccc2c(n1)NCCC2)CCOc1ccccn1)Nc1ncnc2c(Cl)cccc12. The third-order valence-electron chi connectivity index (χ3n) is 7.36. The van der Waals surface area contributed by atoms with Crippen LogP contribution in [0.4, 0.5) is 11.6 Å². The number of para-hydroxylation sites is 1. The fourth-order valence-corrected chi connectivity index (χ4v) is 5.32. The summed E-state index contributed by atoms with van der Waals surface area (Å²) in [4.78, 5) is 32.1. The fraction of sp³-hybridized carbons (Fsp3) is 0.387. The Kier molecular flexibility index (Phi) is 10.3. The van der Waals surface area contributed by atoms with Crippen molar-refractivity contribution in [1.29, 1.82) is 0 Å². The number of ether oxygens (including phenoxy) is 1. The van der Waals surface area contributed by atoms with Gasteiger partial charge in [-0.2, -0.15) is 0 Å². The van der Waals surface area contributed by atoms with Crippen molar-refractivity contribution >= 4 is 40.1 Å². The molecule has 0 saturated carbocycles. The topological polar surface area (TPSA) is 125 Å². The van der Waals surface area contributed by atoms with E-state index in [9.17, 15) is 9.90 Å². The molecule has 0 bridgehead atoms. The van der Waals surface area contributed by atoms with Gasteiger partial charge in [0.25, 0.3) is 0 Å². The maximum absolute atomic E-state index is 12.2. The molecular weight excluding hydrogens is 554 g/mol. The number of carboxylic acids is 1. The average molecular weight is 590 g/mol. The summed E-state index contributed by atoms with van der Waals surface area (Å²) in [6.07, 6.45) is 8.54. The predicted octanol–water partition coefficient (Wildman–Crippen LogP) is 5.09. The normalized spacial score (nSPS) is 13.4. The molecule has 4 aromatic rings. The van der Waals surface area contributed by atoms with Crippen LogP contribution in [0, 0.1) is 0 Å². The van der Waals surface area contributed by atoms with Crippen molar-refractivity contribution in [1.82, 2.24) is 24.8 Å². The van der Waals surface area contributed by atoms with Crippen LogP contribution < -0.4 is 15.4 Å². The fourth-order valence-electron chi connectivity index (χ4n) is 5.10. The zero-order valence-corrected chi connectivity index (χ0v) is 24.3. The molecule has 1 aliphatic heterocycles. The van der Waals surface area contributed by atoms with Gasteiger partial charge in [-0.05, 0) is 74.9 Å². The quantitative estimate of drug-likeness (QED) is 0.161. The number of hydrogen-bond acceptors (Lipinski definition) is 9. The highest BCUT2D eigenvalue weighted by atomic mass is 35.5. The largest absolute Gasteiger partial charge is 0.480 e. The number of unbranched alkanes of at least 4 members (excludes halogenated alkanes) is 1. The van der Waals surface area contributed by atoms with E-state index in [1.165, 1.54) is 11.9 Å². The molecule has 1 atom stereocenters. The second kappa shape index (κ2) is 14.7. The molecule has 10 nitrogen and oxygen atoms in total. The van der Waals surface area contributed by atoms with Gasteiger partial charge in [0, 0.05) is 43.0 Å². The van der Waals surface area contributed by atoms with Gasteiger partial charge in [0.2, 0.25) is 5.88 Å². The van der Waals surface area contributed by atoms with E-state index < -0.39 is 12.0 Å². The minimum Gasteiger partial charge on any atom is -0.480 e. The molecule has 1 aliphatic rings. The highest BCUT2D eigenvalue weighted by Crippen LogP contribution is 2.26. The monoisotopic (exact) mass is 589 g/mol. The van der Waals surface area contributed by atoms with E-state index in [4.69, 9.17) is 21.3 Å². The summed E-state index contributed by atoms with van der Waals surface area (Å²) < 4.78 is 5.84. The highest BCUT2D eigenvalue weighted by Gasteiger charge is 2.21. The van der Waals surface area contributed by atoms with E-state index in [2.05, 4.69) is 42.6 Å². The lowest BCUT2D eigenvalue weighted by Crippen LogP contribution is -2.37. The van der Waals surface area contributed by atoms with Crippen molar-refractivity contribution in [2.75, 3.05) is 43.4 Å². The molecule has 0 saturated heterocycles. The number of carboxylic acid groups (broad SMARTS) is 1. The Balaban J connectivity index is 1.18. The zero-order chi connectivity index (χ0) is 29.1. The number of hydrogen-bond donors (Lipinski definition) is 3. The van der Waals surface area contributed by atoms with Crippen LogP contribution in [-0.4, -0.2) is 74.7 Å². The lowest BCUT2D eigenvalue weighted by Gasteiger charge is -2.25. The van der Waals surface area contributed by atoms with Crippen LogP contribution in [0.3, 0.4) is 0 Å². The minimum absolute atomic E-state index is 0.378. The van der Waals surface area contributed by atoms with E-state index in [0.29, 0.717) is 53.7 Å². The summed E-state index contributed by atoms with van der Waals surface area (Å²) >= 11 is 6.29. The predicted molar refractivity (Wildman–Crippen MR) is 164 cm³/mol. The second-order valence-corrected chi connectivity index (χ2v) is 10.7. The molecule has 0 radical (unpaired) electrons. The van der Waals surface area contributed by atoms with Gasteiger partial charge in [-0.3, -0.25) is 4.90 Å². The summed E-state index contributed by atoms with van der Waals surface area (Å²) in [5.74, 6) is 1.11. The summed E-state index contributed by atoms with van der Waals surface area (Å²) in [6.45, 7) is 3.46. The summed E-state index contributed by atoms with van der Waals surface area (Å²) in [6, 6.07) is 14.4. The van der Waals surface area contributed by atoms with Crippen molar-refractivity contribution in [3.05, 3.63) is 77.3 Å². The first-order valence-corrected chi connectivity index (χ1v) is 14.8. The van der Waals surface area contributed by atoms with Crippen LogP contribution >= 0.6 is 11.6 Å². The molecular formula is C31H36ClN7O3. The van der Waals surface area contributed by atoms with Crippen LogP contribution in [-0.2, 0) is 17.6 Å². The molecule has 0 amide bonds. The van der Waals surface area contributed by atoms with Crippen LogP contribution in [0.25, 0.3) is 10.9 Å². The van der Waals surface area contributed by atoms with Gasteiger partial charge in [0.15, 0.2) is 0 Å².